The van der Waals surface area contributed by atoms with Crippen molar-refractivity contribution in [2.45, 2.75) is 18.9 Å². The van der Waals surface area contributed by atoms with Crippen LogP contribution in [0.1, 0.15) is 12.8 Å². The van der Waals surface area contributed by atoms with Crippen LogP contribution in [0.3, 0.4) is 0 Å². The summed E-state index contributed by atoms with van der Waals surface area (Å²) in [5.41, 5.74) is 0.574. The van der Waals surface area contributed by atoms with Gasteiger partial charge in [0.15, 0.2) is 0 Å². The van der Waals surface area contributed by atoms with Crippen molar-refractivity contribution in [3.8, 4) is 0 Å². The van der Waals surface area contributed by atoms with Crippen LogP contribution in [0.25, 0.3) is 0 Å². The first-order chi connectivity index (χ1) is 7.27. The Morgan fingerprint density at radius 1 is 1.27 bits per heavy atom. The minimum absolute atomic E-state index is 0.106. The summed E-state index contributed by atoms with van der Waals surface area (Å²) in [6, 6.07) is -0.289. The fourth-order valence-electron chi connectivity index (χ4n) is 1.92. The summed E-state index contributed by atoms with van der Waals surface area (Å²) >= 11 is 0. The van der Waals surface area contributed by atoms with Gasteiger partial charge < -0.3 is 0 Å². The van der Waals surface area contributed by atoms with Crippen LogP contribution >= 0.6 is 0 Å². The van der Waals surface area contributed by atoms with E-state index >= 15 is 0 Å². The first-order valence-electron chi connectivity index (χ1n) is 5.08. The topological polar surface area (TPSA) is 49.7 Å². The molecule has 2 aliphatic carbocycles. The Kier molecular flexibility index (Phi) is 1.65. The first kappa shape index (κ1) is 8.59. The second-order valence-corrected chi connectivity index (χ2v) is 3.98. The van der Waals surface area contributed by atoms with Crippen molar-refractivity contribution in [1.82, 2.24) is 4.90 Å². The van der Waals surface area contributed by atoms with Gasteiger partial charge in [-0.05, 0) is 18.9 Å². The number of aliphatic imine (C=N–C) groups is 1. The molecule has 1 atom stereocenters. The number of amides is 3. The van der Waals surface area contributed by atoms with Crippen molar-refractivity contribution >= 4 is 17.6 Å². The molecule has 1 saturated carbocycles. The molecule has 3 aliphatic rings. The maximum atomic E-state index is 12.0. The lowest BCUT2D eigenvalue weighted by Crippen LogP contribution is -2.47. The molecule has 0 radical (unpaired) electrons. The number of carbonyl (C=O) groups excluding carboxylic acids is 2. The number of hydrogen-bond donors (Lipinski definition) is 0. The number of hydrogen-bond acceptors (Lipinski definition) is 2. The van der Waals surface area contributed by atoms with Crippen molar-refractivity contribution in [2.75, 3.05) is 0 Å². The number of carbonyl (C=O) groups is 2. The molecule has 0 spiro atoms. The van der Waals surface area contributed by atoms with E-state index in [1.807, 2.05) is 6.08 Å². The molecule has 0 N–H and O–H groups in total. The van der Waals surface area contributed by atoms with Gasteiger partial charge in [-0.3, -0.25) is 9.69 Å². The molecule has 4 nitrogen and oxygen atoms in total. The highest BCUT2D eigenvalue weighted by Crippen LogP contribution is 2.32. The van der Waals surface area contributed by atoms with Gasteiger partial charge in [-0.25, -0.2) is 4.79 Å². The Morgan fingerprint density at radius 2 is 2.07 bits per heavy atom. The molecule has 1 heterocycles. The van der Waals surface area contributed by atoms with Crippen molar-refractivity contribution in [3.63, 3.8) is 0 Å². The normalized spacial score (nSPS) is 29.2. The maximum Gasteiger partial charge on any atom is 0.350 e. The lowest BCUT2D eigenvalue weighted by Gasteiger charge is -2.28. The third kappa shape index (κ3) is 1.25. The van der Waals surface area contributed by atoms with Crippen molar-refractivity contribution in [3.05, 3.63) is 24.3 Å². The second-order valence-electron chi connectivity index (χ2n) is 3.98. The number of imide groups is 1. The molecule has 0 aromatic carbocycles. The fourth-order valence-corrected chi connectivity index (χ4v) is 1.92. The van der Waals surface area contributed by atoms with Crippen molar-refractivity contribution in [1.29, 1.82) is 0 Å². The van der Waals surface area contributed by atoms with E-state index in [0.717, 1.165) is 12.8 Å². The highest BCUT2D eigenvalue weighted by Gasteiger charge is 2.43. The summed E-state index contributed by atoms with van der Waals surface area (Å²) in [6.07, 6.45) is 8.99. The van der Waals surface area contributed by atoms with E-state index in [0.29, 0.717) is 5.71 Å². The van der Waals surface area contributed by atoms with Crippen molar-refractivity contribution in [2.24, 2.45) is 10.9 Å². The summed E-state index contributed by atoms with van der Waals surface area (Å²) in [4.78, 5) is 28.9. The van der Waals surface area contributed by atoms with Gasteiger partial charge in [-0.15, -0.1) is 0 Å². The minimum Gasteiger partial charge on any atom is -0.273 e. The maximum absolute atomic E-state index is 12.0. The summed E-state index contributed by atoms with van der Waals surface area (Å²) in [5, 5.41) is 0. The van der Waals surface area contributed by atoms with Crippen LogP contribution in [0.5, 0.6) is 0 Å². The Hall–Kier alpha value is -1.71. The summed E-state index contributed by atoms with van der Waals surface area (Å²) in [6.45, 7) is 0. The molecule has 0 aromatic rings. The molecular formula is C11H10N2O2. The Bertz CT molecular complexity index is 430. The van der Waals surface area contributed by atoms with Crippen molar-refractivity contribution < 1.29 is 9.59 Å². The molecule has 15 heavy (non-hydrogen) atoms. The van der Waals surface area contributed by atoms with Gasteiger partial charge in [0.05, 0.1) is 11.6 Å². The summed E-state index contributed by atoms with van der Waals surface area (Å²) in [5.74, 6) is -0.457. The van der Waals surface area contributed by atoms with Gasteiger partial charge in [-0.2, -0.15) is 4.99 Å². The standard InChI is InChI=1S/C11H10N2O2/c14-10-8-3-1-2-4-9(8)12-11(15)13(10)7-5-6-7/h1-4,7-8H,5-6H2. The molecular weight excluding hydrogens is 192 g/mol. The molecule has 3 amide bonds. The molecule has 4 heteroatoms. The van der Waals surface area contributed by atoms with E-state index in [2.05, 4.69) is 4.99 Å². The average molecular weight is 202 g/mol. The number of rotatable bonds is 1. The summed E-state index contributed by atoms with van der Waals surface area (Å²) in [7, 11) is 0. The monoisotopic (exact) mass is 202 g/mol. The van der Waals surface area contributed by atoms with E-state index in [4.69, 9.17) is 0 Å². The predicted octanol–water partition coefficient (Wildman–Crippen LogP) is 1.29. The molecule has 1 aliphatic heterocycles. The van der Waals surface area contributed by atoms with Crippen LogP contribution in [-0.2, 0) is 4.79 Å². The Labute approximate surface area is 87.0 Å². The molecule has 1 fully saturated rings. The van der Waals surface area contributed by atoms with E-state index in [1.165, 1.54) is 4.90 Å². The van der Waals surface area contributed by atoms with E-state index in [1.54, 1.807) is 18.2 Å². The highest BCUT2D eigenvalue weighted by molar-refractivity contribution is 6.21. The molecule has 0 saturated heterocycles. The molecule has 76 valence electrons. The van der Waals surface area contributed by atoms with Gasteiger partial charge >= 0.3 is 6.03 Å². The second kappa shape index (κ2) is 2.89. The number of nitrogens with zero attached hydrogens (tertiary/aromatic N) is 2. The molecule has 3 rings (SSSR count). The SMILES string of the molecule is O=C1N=C2C=CC=CC2C(=O)N1C1CC1. The van der Waals surface area contributed by atoms with Crippen LogP contribution in [-0.4, -0.2) is 28.6 Å². The lowest BCUT2D eigenvalue weighted by molar-refractivity contribution is -0.129. The zero-order valence-electron chi connectivity index (χ0n) is 8.09. The van der Waals surface area contributed by atoms with Crippen LogP contribution in [0.4, 0.5) is 4.79 Å². The van der Waals surface area contributed by atoms with Gasteiger partial charge in [0, 0.05) is 6.04 Å². The fraction of sp³-hybridized carbons (Fsp3) is 0.364. The number of fused-ring (bicyclic) bond motifs is 1. The lowest BCUT2D eigenvalue weighted by atomic mass is 9.95. The molecule has 0 aromatic heterocycles. The quantitative estimate of drug-likeness (QED) is 0.643. The Morgan fingerprint density at radius 3 is 2.80 bits per heavy atom. The van der Waals surface area contributed by atoms with E-state index in [9.17, 15) is 9.59 Å². The van der Waals surface area contributed by atoms with Gasteiger partial charge in [0.1, 0.15) is 0 Å². The van der Waals surface area contributed by atoms with Crippen LogP contribution < -0.4 is 0 Å². The van der Waals surface area contributed by atoms with Crippen LogP contribution in [0.2, 0.25) is 0 Å². The summed E-state index contributed by atoms with van der Waals surface area (Å²) < 4.78 is 0. The third-order valence-electron chi connectivity index (χ3n) is 2.85. The van der Waals surface area contributed by atoms with E-state index in [-0.39, 0.29) is 17.9 Å². The van der Waals surface area contributed by atoms with Gasteiger partial charge in [0.2, 0.25) is 5.91 Å². The molecule has 1 unspecified atom stereocenters. The first-order valence-corrected chi connectivity index (χ1v) is 5.08. The zero-order chi connectivity index (χ0) is 10.4. The highest BCUT2D eigenvalue weighted by atomic mass is 16.2. The average Bonchev–Trinajstić information content (AvgIpc) is 3.02. The van der Waals surface area contributed by atoms with Gasteiger partial charge in [0.25, 0.3) is 0 Å². The predicted molar refractivity (Wildman–Crippen MR) is 54.5 cm³/mol. The van der Waals surface area contributed by atoms with Gasteiger partial charge in [-0.1, -0.05) is 18.2 Å². The van der Waals surface area contributed by atoms with E-state index < -0.39 is 6.03 Å². The molecule has 0 bridgehead atoms. The minimum atomic E-state index is -0.395. The largest absolute Gasteiger partial charge is 0.350 e. The number of allylic oxidation sites excluding steroid dienone is 3. The number of urea groups is 1. The van der Waals surface area contributed by atoms with Crippen LogP contribution in [0.15, 0.2) is 29.3 Å². The third-order valence-corrected chi connectivity index (χ3v) is 2.85. The Balaban J connectivity index is 2.01. The van der Waals surface area contributed by atoms with Crippen LogP contribution in [0, 0.1) is 5.92 Å². The smallest absolute Gasteiger partial charge is 0.273 e. The zero-order valence-corrected chi connectivity index (χ0v) is 8.09.